The van der Waals surface area contributed by atoms with Crippen molar-refractivity contribution in [2.45, 2.75) is 56.4 Å². The number of hydrogen-bond acceptors (Lipinski definition) is 6. The molecule has 1 aliphatic carbocycles. The first-order chi connectivity index (χ1) is 15.9. The zero-order chi connectivity index (χ0) is 23.7. The highest BCUT2D eigenvalue weighted by Crippen LogP contribution is 2.21. The molecule has 1 saturated carbocycles. The molecule has 0 atom stereocenters. The van der Waals surface area contributed by atoms with Gasteiger partial charge in [0.15, 0.2) is 6.61 Å². The van der Waals surface area contributed by atoms with Gasteiger partial charge in [0, 0.05) is 11.7 Å². The molecule has 1 amide bonds. The van der Waals surface area contributed by atoms with Gasteiger partial charge in [-0.3, -0.25) is 9.59 Å². The van der Waals surface area contributed by atoms with E-state index in [0.717, 1.165) is 37.7 Å². The molecular formula is C24H30N2O6S. The highest BCUT2D eigenvalue weighted by molar-refractivity contribution is 7.89. The molecule has 1 aliphatic rings. The molecule has 0 aliphatic heterocycles. The second-order valence-corrected chi connectivity index (χ2v) is 9.66. The quantitative estimate of drug-likeness (QED) is 0.511. The lowest BCUT2D eigenvalue weighted by Gasteiger charge is -2.22. The zero-order valence-corrected chi connectivity index (χ0v) is 19.5. The molecule has 1 fully saturated rings. The third-order valence-electron chi connectivity index (χ3n) is 5.32. The van der Waals surface area contributed by atoms with Crippen LogP contribution in [-0.4, -0.2) is 39.5 Å². The van der Waals surface area contributed by atoms with E-state index in [1.54, 1.807) is 31.2 Å². The van der Waals surface area contributed by atoms with Gasteiger partial charge in [0.2, 0.25) is 10.0 Å². The molecule has 33 heavy (non-hydrogen) atoms. The molecule has 9 heteroatoms. The van der Waals surface area contributed by atoms with Gasteiger partial charge >= 0.3 is 5.97 Å². The Balaban J connectivity index is 1.46. The smallest absolute Gasteiger partial charge is 0.310 e. The number of benzene rings is 2. The summed E-state index contributed by atoms with van der Waals surface area (Å²) in [6.07, 6.45) is 5.14. The molecule has 0 spiro atoms. The Morgan fingerprint density at radius 1 is 0.970 bits per heavy atom. The monoisotopic (exact) mass is 474 g/mol. The van der Waals surface area contributed by atoms with Gasteiger partial charge in [0.1, 0.15) is 5.75 Å². The lowest BCUT2D eigenvalue weighted by atomic mass is 9.96. The highest BCUT2D eigenvalue weighted by Gasteiger charge is 2.21. The minimum Gasteiger partial charge on any atom is -0.484 e. The Labute approximate surface area is 194 Å². The van der Waals surface area contributed by atoms with Gasteiger partial charge in [-0.2, -0.15) is 0 Å². The summed E-state index contributed by atoms with van der Waals surface area (Å²) in [5.74, 6) is -0.262. The molecule has 2 aromatic carbocycles. The zero-order valence-electron chi connectivity index (χ0n) is 18.7. The SMILES string of the molecule is CCOC(=O)Cc1ccc(NC(=O)COc2ccc(S(=O)(=O)NC3CCCCC3)cc2)cc1. The third-order valence-corrected chi connectivity index (χ3v) is 6.86. The maximum absolute atomic E-state index is 12.6. The van der Waals surface area contributed by atoms with Gasteiger partial charge in [-0.1, -0.05) is 31.4 Å². The number of carbonyl (C=O) groups excluding carboxylic acids is 2. The van der Waals surface area contributed by atoms with Crippen molar-refractivity contribution in [1.82, 2.24) is 4.72 Å². The van der Waals surface area contributed by atoms with E-state index in [-0.39, 0.29) is 35.8 Å². The third kappa shape index (κ3) is 7.87. The fourth-order valence-electron chi connectivity index (χ4n) is 3.65. The van der Waals surface area contributed by atoms with E-state index in [4.69, 9.17) is 9.47 Å². The summed E-state index contributed by atoms with van der Waals surface area (Å²) in [6, 6.07) is 12.9. The lowest BCUT2D eigenvalue weighted by molar-refractivity contribution is -0.142. The van der Waals surface area contributed by atoms with E-state index in [9.17, 15) is 18.0 Å². The van der Waals surface area contributed by atoms with Crippen LogP contribution in [0.25, 0.3) is 0 Å². The summed E-state index contributed by atoms with van der Waals surface area (Å²) in [5, 5.41) is 2.71. The van der Waals surface area contributed by atoms with E-state index in [1.807, 2.05) is 0 Å². The molecule has 0 unspecified atom stereocenters. The Bertz CT molecular complexity index is 1030. The van der Waals surface area contributed by atoms with Crippen molar-refractivity contribution < 1.29 is 27.5 Å². The van der Waals surface area contributed by atoms with Gasteiger partial charge in [-0.05, 0) is 61.7 Å². The molecule has 0 saturated heterocycles. The summed E-state index contributed by atoms with van der Waals surface area (Å²) in [4.78, 5) is 23.9. The maximum Gasteiger partial charge on any atom is 0.310 e. The predicted molar refractivity (Wildman–Crippen MR) is 125 cm³/mol. The number of hydrogen-bond donors (Lipinski definition) is 2. The Kier molecular flexibility index (Phi) is 8.85. The molecule has 3 rings (SSSR count). The first kappa shape index (κ1) is 24.7. The van der Waals surface area contributed by atoms with E-state index in [1.165, 1.54) is 24.3 Å². The standard InChI is InChI=1S/C24H30N2O6S/c1-2-31-24(28)16-18-8-10-19(11-9-18)25-23(27)17-32-21-12-14-22(15-13-21)33(29,30)26-20-6-4-3-5-7-20/h8-15,20,26H,2-7,16-17H2,1H3,(H,25,27). The number of sulfonamides is 1. The van der Waals surface area contributed by atoms with Gasteiger partial charge in [-0.25, -0.2) is 13.1 Å². The average molecular weight is 475 g/mol. The Morgan fingerprint density at radius 2 is 1.64 bits per heavy atom. The number of amides is 1. The summed E-state index contributed by atoms with van der Waals surface area (Å²) >= 11 is 0. The topological polar surface area (TPSA) is 111 Å². The first-order valence-electron chi connectivity index (χ1n) is 11.2. The van der Waals surface area contributed by atoms with Crippen LogP contribution in [-0.2, 0) is 30.8 Å². The minimum atomic E-state index is -3.58. The average Bonchev–Trinajstić information content (AvgIpc) is 2.80. The summed E-state index contributed by atoms with van der Waals surface area (Å²) in [7, 11) is -3.58. The number of rotatable bonds is 10. The second kappa shape index (κ2) is 11.8. The van der Waals surface area contributed by atoms with Crippen LogP contribution in [0.1, 0.15) is 44.6 Å². The normalized spacial score (nSPS) is 14.5. The van der Waals surface area contributed by atoms with Crippen molar-refractivity contribution in [3.63, 3.8) is 0 Å². The van der Waals surface area contributed by atoms with Gasteiger partial charge < -0.3 is 14.8 Å². The molecule has 0 aromatic heterocycles. The van der Waals surface area contributed by atoms with E-state index >= 15 is 0 Å². The summed E-state index contributed by atoms with van der Waals surface area (Å²) in [6.45, 7) is 1.87. The molecule has 0 bridgehead atoms. The van der Waals surface area contributed by atoms with Crippen molar-refractivity contribution >= 4 is 27.6 Å². The number of ether oxygens (including phenoxy) is 2. The van der Waals surface area contributed by atoms with Crippen LogP contribution in [0.5, 0.6) is 5.75 Å². The molecule has 0 heterocycles. The molecule has 8 nitrogen and oxygen atoms in total. The van der Waals surface area contributed by atoms with Crippen molar-refractivity contribution in [3.05, 3.63) is 54.1 Å². The summed E-state index contributed by atoms with van der Waals surface area (Å²) in [5.41, 5.74) is 1.36. The second-order valence-electron chi connectivity index (χ2n) is 7.94. The maximum atomic E-state index is 12.6. The fourth-order valence-corrected chi connectivity index (χ4v) is 4.96. The van der Waals surface area contributed by atoms with Gasteiger partial charge in [0.25, 0.3) is 5.91 Å². The molecule has 0 radical (unpaired) electrons. The molecule has 2 aromatic rings. The van der Waals surface area contributed by atoms with Gasteiger partial charge in [-0.15, -0.1) is 0 Å². The van der Waals surface area contributed by atoms with Crippen molar-refractivity contribution in [2.24, 2.45) is 0 Å². The minimum absolute atomic E-state index is 0.0115. The van der Waals surface area contributed by atoms with Crippen LogP contribution >= 0.6 is 0 Å². The van der Waals surface area contributed by atoms with Crippen molar-refractivity contribution in [1.29, 1.82) is 0 Å². The van der Waals surface area contributed by atoms with Crippen molar-refractivity contribution in [3.8, 4) is 5.75 Å². The predicted octanol–water partition coefficient (Wildman–Crippen LogP) is 3.42. The molecule has 2 N–H and O–H groups in total. The van der Waals surface area contributed by atoms with E-state index in [0.29, 0.717) is 18.0 Å². The van der Waals surface area contributed by atoms with Crippen LogP contribution in [0.15, 0.2) is 53.4 Å². The summed E-state index contributed by atoms with van der Waals surface area (Å²) < 4.78 is 38.3. The fraction of sp³-hybridized carbons (Fsp3) is 0.417. The first-order valence-corrected chi connectivity index (χ1v) is 12.6. The number of esters is 1. The lowest BCUT2D eigenvalue weighted by Crippen LogP contribution is -2.36. The van der Waals surface area contributed by atoms with E-state index < -0.39 is 10.0 Å². The van der Waals surface area contributed by atoms with Crippen LogP contribution in [0, 0.1) is 0 Å². The number of nitrogens with one attached hydrogen (secondary N) is 2. The molecule has 178 valence electrons. The highest BCUT2D eigenvalue weighted by atomic mass is 32.2. The van der Waals surface area contributed by atoms with E-state index in [2.05, 4.69) is 10.0 Å². The van der Waals surface area contributed by atoms with Gasteiger partial charge in [0.05, 0.1) is 17.9 Å². The molecular weight excluding hydrogens is 444 g/mol. The van der Waals surface area contributed by atoms with Crippen LogP contribution in [0.2, 0.25) is 0 Å². The number of carbonyl (C=O) groups is 2. The Hall–Kier alpha value is -2.91. The van der Waals surface area contributed by atoms with Crippen LogP contribution in [0.3, 0.4) is 0 Å². The largest absolute Gasteiger partial charge is 0.484 e. The Morgan fingerprint density at radius 3 is 2.27 bits per heavy atom. The van der Waals surface area contributed by atoms with Crippen molar-refractivity contribution in [2.75, 3.05) is 18.5 Å². The van der Waals surface area contributed by atoms with Crippen LogP contribution < -0.4 is 14.8 Å². The number of anilines is 1. The van der Waals surface area contributed by atoms with Crippen LogP contribution in [0.4, 0.5) is 5.69 Å².